The zero-order valence-corrected chi connectivity index (χ0v) is 13.8. The number of phenols is 2. The van der Waals surface area contributed by atoms with E-state index in [0.29, 0.717) is 12.1 Å². The highest BCUT2D eigenvalue weighted by Gasteiger charge is 2.30. The largest absolute Gasteiger partial charge is 0.504 e. The van der Waals surface area contributed by atoms with Crippen molar-refractivity contribution in [3.8, 4) is 11.5 Å². The Labute approximate surface area is 141 Å². The molecule has 2 aromatic carbocycles. The van der Waals surface area contributed by atoms with Gasteiger partial charge < -0.3 is 10.2 Å². The standard InChI is InChI=1S/C15H12FNO7S/c1-7-3-9(16)4-11(8(2)18)15(7)25(23,24)10-5-12(17(21)22)14(20)13(19)6-10/h3-6,19-20H,1-2H3. The number of halogens is 1. The summed E-state index contributed by atoms with van der Waals surface area (Å²) in [5, 5.41) is 30.0. The molecule has 2 rings (SSSR count). The van der Waals surface area contributed by atoms with Crippen LogP contribution in [0.15, 0.2) is 34.1 Å². The number of nitrogens with zero attached hydrogens (tertiary/aromatic N) is 1. The lowest BCUT2D eigenvalue weighted by Crippen LogP contribution is -2.11. The number of aryl methyl sites for hydroxylation is 1. The minimum Gasteiger partial charge on any atom is -0.504 e. The Hall–Kier alpha value is -3.01. The number of sulfone groups is 1. The van der Waals surface area contributed by atoms with Crippen molar-refractivity contribution in [3.63, 3.8) is 0 Å². The van der Waals surface area contributed by atoms with E-state index in [1.54, 1.807) is 0 Å². The lowest BCUT2D eigenvalue weighted by Gasteiger charge is -2.13. The zero-order chi connectivity index (χ0) is 19.1. The molecule has 0 radical (unpaired) electrons. The van der Waals surface area contributed by atoms with Crippen LogP contribution in [-0.4, -0.2) is 29.3 Å². The van der Waals surface area contributed by atoms with E-state index in [-0.39, 0.29) is 5.56 Å². The van der Waals surface area contributed by atoms with Crippen LogP contribution in [0, 0.1) is 22.9 Å². The molecule has 8 nitrogen and oxygen atoms in total. The molecule has 10 heteroatoms. The van der Waals surface area contributed by atoms with Gasteiger partial charge in [-0.05, 0) is 31.5 Å². The number of nitro groups is 1. The Bertz CT molecular complexity index is 1020. The van der Waals surface area contributed by atoms with Crippen molar-refractivity contribution in [2.24, 2.45) is 0 Å². The molecule has 0 amide bonds. The minimum atomic E-state index is -4.52. The van der Waals surface area contributed by atoms with Gasteiger partial charge in [0, 0.05) is 17.7 Å². The second-order valence-electron chi connectivity index (χ2n) is 5.23. The SMILES string of the molecule is CC(=O)c1cc(F)cc(C)c1S(=O)(=O)c1cc(O)c(O)c([N+](=O)[O-])c1. The quantitative estimate of drug-likeness (QED) is 0.278. The van der Waals surface area contributed by atoms with Crippen LogP contribution in [-0.2, 0) is 9.84 Å². The van der Waals surface area contributed by atoms with Crippen molar-refractivity contribution in [3.05, 3.63) is 51.3 Å². The van der Waals surface area contributed by atoms with Gasteiger partial charge in [0.15, 0.2) is 11.5 Å². The number of aromatic hydroxyl groups is 2. The fourth-order valence-corrected chi connectivity index (χ4v) is 4.08. The van der Waals surface area contributed by atoms with E-state index >= 15 is 0 Å². The number of Topliss-reactive ketones (excluding diaryl/α,β-unsaturated/α-hetero) is 1. The molecule has 0 saturated carbocycles. The summed E-state index contributed by atoms with van der Waals surface area (Å²) in [5.74, 6) is -3.65. The molecule has 0 aromatic heterocycles. The first-order valence-corrected chi connectivity index (χ1v) is 8.21. The number of ketones is 1. The van der Waals surface area contributed by atoms with E-state index in [0.717, 1.165) is 19.1 Å². The normalized spacial score (nSPS) is 11.3. The van der Waals surface area contributed by atoms with Crippen molar-refractivity contribution >= 4 is 21.3 Å². The molecule has 0 aliphatic carbocycles. The monoisotopic (exact) mass is 369 g/mol. The molecule has 0 saturated heterocycles. The van der Waals surface area contributed by atoms with Gasteiger partial charge in [0.25, 0.3) is 0 Å². The molecule has 0 aliphatic heterocycles. The highest BCUT2D eigenvalue weighted by atomic mass is 32.2. The van der Waals surface area contributed by atoms with Gasteiger partial charge in [0.2, 0.25) is 15.6 Å². The van der Waals surface area contributed by atoms with Crippen molar-refractivity contribution in [1.82, 2.24) is 0 Å². The predicted molar refractivity (Wildman–Crippen MR) is 83.0 cm³/mol. The maximum absolute atomic E-state index is 13.5. The van der Waals surface area contributed by atoms with Gasteiger partial charge in [-0.1, -0.05) is 0 Å². The van der Waals surface area contributed by atoms with E-state index in [9.17, 15) is 37.9 Å². The summed E-state index contributed by atoms with van der Waals surface area (Å²) >= 11 is 0. The van der Waals surface area contributed by atoms with E-state index in [1.807, 2.05) is 0 Å². The third kappa shape index (κ3) is 3.15. The number of benzene rings is 2. The molecule has 132 valence electrons. The Morgan fingerprint density at radius 1 is 1.20 bits per heavy atom. The smallest absolute Gasteiger partial charge is 0.315 e. The predicted octanol–water partition coefficient (Wildman–Crippen LogP) is 2.49. The van der Waals surface area contributed by atoms with Gasteiger partial charge in [-0.25, -0.2) is 12.8 Å². The molecule has 0 bridgehead atoms. The van der Waals surface area contributed by atoms with Gasteiger partial charge in [-0.2, -0.15) is 0 Å². The Morgan fingerprint density at radius 3 is 2.32 bits per heavy atom. The highest BCUT2D eigenvalue weighted by Crippen LogP contribution is 2.39. The van der Waals surface area contributed by atoms with Crippen molar-refractivity contribution in [2.45, 2.75) is 23.6 Å². The second-order valence-corrected chi connectivity index (χ2v) is 7.11. The van der Waals surface area contributed by atoms with Crippen LogP contribution in [0.2, 0.25) is 0 Å². The molecule has 0 spiro atoms. The molecule has 0 unspecified atom stereocenters. The van der Waals surface area contributed by atoms with Gasteiger partial charge in [-0.3, -0.25) is 14.9 Å². The van der Waals surface area contributed by atoms with Crippen molar-refractivity contribution < 1.29 is 32.7 Å². The van der Waals surface area contributed by atoms with Crippen LogP contribution < -0.4 is 0 Å². The van der Waals surface area contributed by atoms with Crippen LogP contribution in [0.4, 0.5) is 10.1 Å². The lowest BCUT2D eigenvalue weighted by molar-refractivity contribution is -0.386. The number of phenolic OH excluding ortho intramolecular Hbond substituents is 2. The van der Waals surface area contributed by atoms with Gasteiger partial charge in [-0.15, -0.1) is 0 Å². The lowest BCUT2D eigenvalue weighted by atomic mass is 10.1. The van der Waals surface area contributed by atoms with E-state index in [4.69, 9.17) is 0 Å². The summed E-state index contributed by atoms with van der Waals surface area (Å²) in [7, 11) is -4.52. The van der Waals surface area contributed by atoms with Gasteiger partial charge in [0.1, 0.15) is 5.82 Å². The number of rotatable bonds is 4. The van der Waals surface area contributed by atoms with Crippen LogP contribution >= 0.6 is 0 Å². The second kappa shape index (κ2) is 6.13. The molecule has 0 aliphatic rings. The summed E-state index contributed by atoms with van der Waals surface area (Å²) in [6.45, 7) is 2.31. The molecule has 0 atom stereocenters. The molecule has 0 fully saturated rings. The van der Waals surface area contributed by atoms with E-state index in [1.165, 1.54) is 6.92 Å². The third-order valence-corrected chi connectivity index (χ3v) is 5.37. The summed E-state index contributed by atoms with van der Waals surface area (Å²) in [6, 6.07) is 2.81. The molecular formula is C15H12FNO7S. The fourth-order valence-electron chi connectivity index (χ4n) is 2.34. The van der Waals surface area contributed by atoms with Crippen molar-refractivity contribution in [1.29, 1.82) is 0 Å². The number of carbonyl (C=O) groups excluding carboxylic acids is 1. The van der Waals surface area contributed by atoms with Crippen LogP contribution in [0.3, 0.4) is 0 Å². The molecule has 0 heterocycles. The molecular weight excluding hydrogens is 357 g/mol. The van der Waals surface area contributed by atoms with Crippen molar-refractivity contribution in [2.75, 3.05) is 0 Å². The van der Waals surface area contributed by atoms with Crippen LogP contribution in [0.25, 0.3) is 0 Å². The first-order valence-electron chi connectivity index (χ1n) is 6.73. The number of carbonyl (C=O) groups is 1. The Balaban J connectivity index is 2.86. The number of hydrogen-bond acceptors (Lipinski definition) is 7. The van der Waals surface area contributed by atoms with Gasteiger partial charge in [0.05, 0.1) is 14.7 Å². The first kappa shape index (κ1) is 18.3. The summed E-state index contributed by atoms with van der Waals surface area (Å²) in [5.41, 5.74) is -1.53. The topological polar surface area (TPSA) is 135 Å². The molecule has 25 heavy (non-hydrogen) atoms. The number of hydrogen-bond donors (Lipinski definition) is 2. The maximum atomic E-state index is 13.5. The Kier molecular flexibility index (Phi) is 4.49. The first-order chi connectivity index (χ1) is 11.5. The van der Waals surface area contributed by atoms with E-state index in [2.05, 4.69) is 0 Å². The van der Waals surface area contributed by atoms with Crippen LogP contribution in [0.1, 0.15) is 22.8 Å². The average molecular weight is 369 g/mol. The third-order valence-electron chi connectivity index (χ3n) is 3.44. The highest BCUT2D eigenvalue weighted by molar-refractivity contribution is 7.91. The fraction of sp³-hybridized carbons (Fsp3) is 0.133. The Morgan fingerprint density at radius 2 is 1.80 bits per heavy atom. The summed E-state index contributed by atoms with van der Waals surface area (Å²) in [4.78, 5) is 20.3. The number of nitro benzene ring substituents is 1. The van der Waals surface area contributed by atoms with E-state index < -0.39 is 58.9 Å². The molecule has 2 N–H and O–H groups in total. The summed E-state index contributed by atoms with van der Waals surface area (Å²) in [6.07, 6.45) is 0. The van der Waals surface area contributed by atoms with Crippen LogP contribution in [0.5, 0.6) is 11.5 Å². The zero-order valence-electron chi connectivity index (χ0n) is 13.0. The maximum Gasteiger partial charge on any atom is 0.315 e. The molecule has 2 aromatic rings. The average Bonchev–Trinajstić information content (AvgIpc) is 2.47. The minimum absolute atomic E-state index is 0.0829. The summed E-state index contributed by atoms with van der Waals surface area (Å²) < 4.78 is 39.2. The van der Waals surface area contributed by atoms with Gasteiger partial charge >= 0.3 is 5.69 Å².